The van der Waals surface area contributed by atoms with E-state index >= 15 is 0 Å². The lowest BCUT2D eigenvalue weighted by molar-refractivity contribution is -0.111. The normalized spacial score (nSPS) is 11.0. The van der Waals surface area contributed by atoms with Crippen molar-refractivity contribution in [2.24, 2.45) is 0 Å². The summed E-state index contributed by atoms with van der Waals surface area (Å²) in [5, 5.41) is 4.88. The first kappa shape index (κ1) is 12.2. The number of pyridine rings is 1. The number of furan rings is 1. The molecule has 98 valence electrons. The summed E-state index contributed by atoms with van der Waals surface area (Å²) in [6.45, 7) is 0. The van der Waals surface area contributed by atoms with Gasteiger partial charge in [-0.05, 0) is 41.8 Å². The van der Waals surface area contributed by atoms with Gasteiger partial charge in [0.2, 0.25) is 5.91 Å². The van der Waals surface area contributed by atoms with E-state index in [2.05, 4.69) is 10.3 Å². The molecule has 1 amide bonds. The minimum Gasteiger partial charge on any atom is -0.465 e. The zero-order chi connectivity index (χ0) is 13.8. The van der Waals surface area contributed by atoms with Crippen LogP contribution in [0.5, 0.6) is 0 Å². The Kier molecular flexibility index (Phi) is 3.29. The molecule has 0 atom stereocenters. The number of benzene rings is 1. The van der Waals surface area contributed by atoms with Gasteiger partial charge in [0.05, 0.1) is 6.26 Å². The molecule has 4 nitrogen and oxygen atoms in total. The molecule has 1 N–H and O–H groups in total. The number of rotatable bonds is 3. The zero-order valence-electron chi connectivity index (χ0n) is 10.6. The molecule has 4 heteroatoms. The quantitative estimate of drug-likeness (QED) is 0.737. The first-order valence-electron chi connectivity index (χ1n) is 6.18. The SMILES string of the molecule is O=C(/C=C/c1ccco1)Nc1ccc2cnccc2c1. The second-order valence-corrected chi connectivity index (χ2v) is 4.28. The minimum absolute atomic E-state index is 0.199. The van der Waals surface area contributed by atoms with E-state index in [0.29, 0.717) is 5.76 Å². The lowest BCUT2D eigenvalue weighted by Gasteiger charge is -2.03. The molecule has 3 rings (SSSR count). The molecule has 0 saturated heterocycles. The van der Waals surface area contributed by atoms with Gasteiger partial charge >= 0.3 is 0 Å². The highest BCUT2D eigenvalue weighted by atomic mass is 16.3. The molecule has 1 aromatic carbocycles. The molecule has 0 radical (unpaired) electrons. The van der Waals surface area contributed by atoms with E-state index in [1.54, 1.807) is 36.9 Å². The van der Waals surface area contributed by atoms with Crippen LogP contribution in [0.4, 0.5) is 5.69 Å². The molecule has 0 fully saturated rings. The number of hydrogen-bond acceptors (Lipinski definition) is 3. The van der Waals surface area contributed by atoms with Crippen LogP contribution in [0.1, 0.15) is 5.76 Å². The second-order valence-electron chi connectivity index (χ2n) is 4.28. The van der Waals surface area contributed by atoms with E-state index < -0.39 is 0 Å². The predicted molar refractivity (Wildman–Crippen MR) is 78.1 cm³/mol. The largest absolute Gasteiger partial charge is 0.465 e. The van der Waals surface area contributed by atoms with Crippen molar-refractivity contribution in [3.8, 4) is 0 Å². The molecule has 20 heavy (non-hydrogen) atoms. The smallest absolute Gasteiger partial charge is 0.248 e. The molecule has 0 saturated carbocycles. The van der Waals surface area contributed by atoms with E-state index in [-0.39, 0.29) is 5.91 Å². The van der Waals surface area contributed by atoms with Gasteiger partial charge in [-0.15, -0.1) is 0 Å². The topological polar surface area (TPSA) is 55.1 Å². The fraction of sp³-hybridized carbons (Fsp3) is 0. The molecule has 3 aromatic rings. The molecule has 0 unspecified atom stereocenters. The third-order valence-corrected chi connectivity index (χ3v) is 2.85. The summed E-state index contributed by atoms with van der Waals surface area (Å²) in [6.07, 6.45) is 8.15. The number of anilines is 1. The number of fused-ring (bicyclic) bond motifs is 1. The van der Waals surface area contributed by atoms with E-state index in [1.165, 1.54) is 6.08 Å². The van der Waals surface area contributed by atoms with Crippen LogP contribution in [0.15, 0.2) is 65.5 Å². The number of hydrogen-bond donors (Lipinski definition) is 1. The van der Waals surface area contributed by atoms with Crippen molar-refractivity contribution >= 4 is 28.4 Å². The van der Waals surface area contributed by atoms with Crippen LogP contribution in [-0.2, 0) is 4.79 Å². The standard InChI is InChI=1S/C16H12N2O2/c19-16(6-5-15-2-1-9-20-15)18-14-4-3-13-11-17-8-7-12(13)10-14/h1-11H,(H,18,19)/b6-5+. The number of aromatic nitrogens is 1. The molecular formula is C16H12N2O2. The Bertz CT molecular complexity index is 761. The molecule has 0 aliphatic carbocycles. The third-order valence-electron chi connectivity index (χ3n) is 2.85. The fourth-order valence-corrected chi connectivity index (χ4v) is 1.89. The highest BCUT2D eigenvalue weighted by molar-refractivity contribution is 6.02. The first-order valence-corrected chi connectivity index (χ1v) is 6.18. The Morgan fingerprint density at radius 3 is 3.00 bits per heavy atom. The van der Waals surface area contributed by atoms with E-state index in [1.807, 2.05) is 24.3 Å². The van der Waals surface area contributed by atoms with Crippen molar-refractivity contribution in [3.63, 3.8) is 0 Å². The average molecular weight is 264 g/mol. The van der Waals surface area contributed by atoms with E-state index in [9.17, 15) is 4.79 Å². The summed E-state index contributed by atoms with van der Waals surface area (Å²) in [5.74, 6) is 0.444. The van der Waals surface area contributed by atoms with Gasteiger partial charge in [-0.1, -0.05) is 6.07 Å². The number of nitrogens with zero attached hydrogens (tertiary/aromatic N) is 1. The Hall–Kier alpha value is -2.88. The van der Waals surface area contributed by atoms with Gasteiger partial charge < -0.3 is 9.73 Å². The lowest BCUT2D eigenvalue weighted by atomic mass is 10.1. The molecular weight excluding hydrogens is 252 g/mol. The number of nitrogens with one attached hydrogen (secondary N) is 1. The minimum atomic E-state index is -0.199. The number of amides is 1. The van der Waals surface area contributed by atoms with Gasteiger partial charge in [0.25, 0.3) is 0 Å². The highest BCUT2D eigenvalue weighted by Crippen LogP contribution is 2.17. The van der Waals surface area contributed by atoms with Crippen LogP contribution in [0, 0.1) is 0 Å². The monoisotopic (exact) mass is 264 g/mol. The first-order chi connectivity index (χ1) is 9.81. The summed E-state index contributed by atoms with van der Waals surface area (Å²) in [7, 11) is 0. The van der Waals surface area contributed by atoms with Crippen molar-refractivity contribution in [3.05, 3.63) is 66.9 Å². The van der Waals surface area contributed by atoms with Crippen molar-refractivity contribution in [2.75, 3.05) is 5.32 Å². The fourth-order valence-electron chi connectivity index (χ4n) is 1.89. The molecule has 2 heterocycles. The Morgan fingerprint density at radius 2 is 2.15 bits per heavy atom. The zero-order valence-corrected chi connectivity index (χ0v) is 10.6. The van der Waals surface area contributed by atoms with Crippen LogP contribution in [0.2, 0.25) is 0 Å². The lowest BCUT2D eigenvalue weighted by Crippen LogP contribution is -2.07. The summed E-state index contributed by atoms with van der Waals surface area (Å²) in [5.41, 5.74) is 0.748. The van der Waals surface area contributed by atoms with Crippen molar-refractivity contribution in [1.82, 2.24) is 4.98 Å². The van der Waals surface area contributed by atoms with Crippen LogP contribution < -0.4 is 5.32 Å². The van der Waals surface area contributed by atoms with Crippen molar-refractivity contribution in [2.45, 2.75) is 0 Å². The van der Waals surface area contributed by atoms with Crippen LogP contribution in [0.25, 0.3) is 16.8 Å². The summed E-state index contributed by atoms with van der Waals surface area (Å²) >= 11 is 0. The van der Waals surface area contributed by atoms with Crippen molar-refractivity contribution in [1.29, 1.82) is 0 Å². The summed E-state index contributed by atoms with van der Waals surface area (Å²) < 4.78 is 5.12. The van der Waals surface area contributed by atoms with Gasteiger partial charge in [0.15, 0.2) is 0 Å². The molecule has 2 aromatic heterocycles. The second kappa shape index (κ2) is 5.40. The molecule has 0 spiro atoms. The molecule has 0 bridgehead atoms. The van der Waals surface area contributed by atoms with E-state index in [4.69, 9.17) is 4.42 Å². The maximum absolute atomic E-state index is 11.8. The Labute approximate surface area is 115 Å². The summed E-state index contributed by atoms with van der Waals surface area (Å²) in [4.78, 5) is 15.8. The summed E-state index contributed by atoms with van der Waals surface area (Å²) in [6, 6.07) is 11.2. The van der Waals surface area contributed by atoms with E-state index in [0.717, 1.165) is 16.5 Å². The Balaban J connectivity index is 1.74. The van der Waals surface area contributed by atoms with Crippen LogP contribution in [-0.4, -0.2) is 10.9 Å². The van der Waals surface area contributed by atoms with Crippen LogP contribution in [0.3, 0.4) is 0 Å². The number of carbonyl (C=O) groups is 1. The van der Waals surface area contributed by atoms with Gasteiger partial charge in [-0.3, -0.25) is 9.78 Å². The maximum Gasteiger partial charge on any atom is 0.248 e. The third kappa shape index (κ3) is 2.75. The maximum atomic E-state index is 11.8. The number of carbonyl (C=O) groups excluding carboxylic acids is 1. The predicted octanol–water partition coefficient (Wildman–Crippen LogP) is 3.48. The highest BCUT2D eigenvalue weighted by Gasteiger charge is 2.00. The molecule has 0 aliphatic heterocycles. The molecule has 0 aliphatic rings. The van der Waals surface area contributed by atoms with Gasteiger partial charge in [0, 0.05) is 29.5 Å². The average Bonchev–Trinajstić information content (AvgIpc) is 2.98. The van der Waals surface area contributed by atoms with Gasteiger partial charge in [-0.25, -0.2) is 0 Å². The Morgan fingerprint density at radius 1 is 1.20 bits per heavy atom. The van der Waals surface area contributed by atoms with Gasteiger partial charge in [0.1, 0.15) is 5.76 Å². The van der Waals surface area contributed by atoms with Gasteiger partial charge in [-0.2, -0.15) is 0 Å². The van der Waals surface area contributed by atoms with Crippen LogP contribution >= 0.6 is 0 Å². The van der Waals surface area contributed by atoms with Crippen molar-refractivity contribution < 1.29 is 9.21 Å².